The van der Waals surface area contributed by atoms with Crippen molar-refractivity contribution >= 4 is 17.4 Å². The molecule has 2 rings (SSSR count). The number of nitrogens with zero attached hydrogens (tertiary/aromatic N) is 3. The highest BCUT2D eigenvalue weighted by Crippen LogP contribution is 2.19. The van der Waals surface area contributed by atoms with E-state index < -0.39 is 11.6 Å². The highest BCUT2D eigenvalue weighted by Gasteiger charge is 2.22. The Bertz CT molecular complexity index is 568. The van der Waals surface area contributed by atoms with Gasteiger partial charge in [0.05, 0.1) is 11.2 Å². The Kier molecular flexibility index (Phi) is 3.19. The lowest BCUT2D eigenvalue weighted by Crippen LogP contribution is -2.13. The van der Waals surface area contributed by atoms with Gasteiger partial charge in [-0.2, -0.15) is 5.10 Å². The molecule has 0 fully saturated rings. The standard InChI is InChI=1S/C11H9ClFN3O/c1-2-16-10(7(12)6-15-16)11(17)9-8(13)4-3-5-14-9/h3-6H,2H2,1H3. The first-order valence-electron chi connectivity index (χ1n) is 5.01. The third kappa shape index (κ3) is 2.06. The molecule has 0 aliphatic rings. The molecule has 2 aromatic rings. The number of aryl methyl sites for hydroxylation is 1. The van der Waals surface area contributed by atoms with E-state index in [0.29, 0.717) is 6.54 Å². The number of hydrogen-bond acceptors (Lipinski definition) is 3. The van der Waals surface area contributed by atoms with Crippen LogP contribution in [0, 0.1) is 5.82 Å². The van der Waals surface area contributed by atoms with Crippen molar-refractivity contribution in [3.63, 3.8) is 0 Å². The summed E-state index contributed by atoms with van der Waals surface area (Å²) in [5, 5.41) is 4.12. The largest absolute Gasteiger partial charge is 0.285 e. The summed E-state index contributed by atoms with van der Waals surface area (Å²) >= 11 is 5.87. The van der Waals surface area contributed by atoms with Crippen LogP contribution in [0.4, 0.5) is 4.39 Å². The van der Waals surface area contributed by atoms with Gasteiger partial charge in [0.1, 0.15) is 11.4 Å². The minimum Gasteiger partial charge on any atom is -0.285 e. The van der Waals surface area contributed by atoms with Crippen LogP contribution in [0.2, 0.25) is 5.02 Å². The molecule has 4 nitrogen and oxygen atoms in total. The molecule has 0 aromatic carbocycles. The summed E-state index contributed by atoms with van der Waals surface area (Å²) in [5.41, 5.74) is -0.0867. The molecular formula is C11H9ClFN3O. The molecule has 0 radical (unpaired) electrons. The number of carbonyl (C=O) groups excluding carboxylic acids is 1. The van der Waals surface area contributed by atoms with Crippen LogP contribution in [0.25, 0.3) is 0 Å². The number of rotatable bonds is 3. The number of hydrogen-bond donors (Lipinski definition) is 0. The van der Waals surface area contributed by atoms with Crippen molar-refractivity contribution in [2.24, 2.45) is 0 Å². The van der Waals surface area contributed by atoms with E-state index in [1.807, 2.05) is 6.92 Å². The van der Waals surface area contributed by atoms with Gasteiger partial charge in [0.2, 0.25) is 5.78 Å². The summed E-state index contributed by atoms with van der Waals surface area (Å²) < 4.78 is 14.9. The highest BCUT2D eigenvalue weighted by atomic mass is 35.5. The molecule has 0 saturated carbocycles. The van der Waals surface area contributed by atoms with Crippen LogP contribution < -0.4 is 0 Å². The van der Waals surface area contributed by atoms with E-state index in [-0.39, 0.29) is 16.4 Å². The SMILES string of the molecule is CCn1ncc(Cl)c1C(=O)c1ncccc1F. The minimum absolute atomic E-state index is 0.159. The quantitative estimate of drug-likeness (QED) is 0.789. The normalized spacial score (nSPS) is 10.5. The van der Waals surface area contributed by atoms with Crippen molar-refractivity contribution in [3.05, 3.63) is 46.8 Å². The molecule has 0 atom stereocenters. The molecule has 0 aliphatic carbocycles. The van der Waals surface area contributed by atoms with Crippen LogP contribution in [0.3, 0.4) is 0 Å². The minimum atomic E-state index is -0.669. The van der Waals surface area contributed by atoms with E-state index >= 15 is 0 Å². The Balaban J connectivity index is 2.51. The highest BCUT2D eigenvalue weighted by molar-refractivity contribution is 6.34. The first-order chi connectivity index (χ1) is 8.15. The molecule has 0 aliphatic heterocycles. The monoisotopic (exact) mass is 253 g/mol. The Labute approximate surface area is 102 Å². The maximum absolute atomic E-state index is 13.4. The Morgan fingerprint density at radius 2 is 2.35 bits per heavy atom. The summed E-state index contributed by atoms with van der Waals surface area (Å²) in [6, 6.07) is 2.60. The second kappa shape index (κ2) is 4.63. The number of ketones is 1. The first kappa shape index (κ1) is 11.7. The molecule has 0 saturated heterocycles. The molecule has 0 bridgehead atoms. The molecular weight excluding hydrogens is 245 g/mol. The first-order valence-corrected chi connectivity index (χ1v) is 5.39. The zero-order valence-electron chi connectivity index (χ0n) is 9.02. The van der Waals surface area contributed by atoms with E-state index in [2.05, 4.69) is 10.1 Å². The molecule has 6 heteroatoms. The smallest absolute Gasteiger partial charge is 0.233 e. The second-order valence-corrected chi connectivity index (χ2v) is 3.73. The van der Waals surface area contributed by atoms with Crippen LogP contribution in [-0.4, -0.2) is 20.5 Å². The maximum atomic E-state index is 13.4. The molecule has 0 amide bonds. The van der Waals surface area contributed by atoms with Crippen molar-refractivity contribution in [2.75, 3.05) is 0 Å². The summed E-state index contributed by atoms with van der Waals surface area (Å²) in [5.74, 6) is -1.23. The molecule has 0 spiro atoms. The number of halogens is 2. The van der Waals surface area contributed by atoms with Gasteiger partial charge in [-0.15, -0.1) is 0 Å². The molecule has 0 unspecified atom stereocenters. The lowest BCUT2D eigenvalue weighted by Gasteiger charge is -2.04. The summed E-state index contributed by atoms with van der Waals surface area (Å²) in [6.45, 7) is 2.29. The molecule has 0 N–H and O–H groups in total. The van der Waals surface area contributed by atoms with E-state index in [9.17, 15) is 9.18 Å². The Morgan fingerprint density at radius 1 is 1.59 bits per heavy atom. The van der Waals surface area contributed by atoms with Gasteiger partial charge >= 0.3 is 0 Å². The lowest BCUT2D eigenvalue weighted by atomic mass is 10.2. The molecule has 17 heavy (non-hydrogen) atoms. The van der Waals surface area contributed by atoms with E-state index in [4.69, 9.17) is 11.6 Å². The van der Waals surface area contributed by atoms with Crippen molar-refractivity contribution in [1.29, 1.82) is 0 Å². The van der Waals surface area contributed by atoms with Crippen LogP contribution in [-0.2, 0) is 6.54 Å². The summed E-state index contributed by atoms with van der Waals surface area (Å²) in [4.78, 5) is 15.8. The van der Waals surface area contributed by atoms with Crippen molar-refractivity contribution < 1.29 is 9.18 Å². The third-order valence-corrected chi connectivity index (χ3v) is 2.56. The van der Waals surface area contributed by atoms with Crippen molar-refractivity contribution in [2.45, 2.75) is 13.5 Å². The fourth-order valence-electron chi connectivity index (χ4n) is 1.49. The van der Waals surface area contributed by atoms with E-state index in [0.717, 1.165) is 0 Å². The summed E-state index contributed by atoms with van der Waals surface area (Å²) in [7, 11) is 0. The lowest BCUT2D eigenvalue weighted by molar-refractivity contribution is 0.102. The van der Waals surface area contributed by atoms with Crippen molar-refractivity contribution in [3.8, 4) is 0 Å². The zero-order chi connectivity index (χ0) is 12.4. The van der Waals surface area contributed by atoms with E-state index in [1.165, 1.54) is 29.2 Å². The Morgan fingerprint density at radius 3 is 3.00 bits per heavy atom. The van der Waals surface area contributed by atoms with Gasteiger partial charge in [0.25, 0.3) is 0 Å². The van der Waals surface area contributed by atoms with Gasteiger partial charge in [-0.3, -0.25) is 9.48 Å². The molecule has 2 heterocycles. The fourth-order valence-corrected chi connectivity index (χ4v) is 1.72. The second-order valence-electron chi connectivity index (χ2n) is 3.32. The Hall–Kier alpha value is -1.75. The van der Waals surface area contributed by atoms with Crippen LogP contribution in [0.1, 0.15) is 23.1 Å². The van der Waals surface area contributed by atoms with Crippen LogP contribution >= 0.6 is 11.6 Å². The average molecular weight is 254 g/mol. The topological polar surface area (TPSA) is 47.8 Å². The predicted octanol–water partition coefficient (Wildman–Crippen LogP) is 2.32. The molecule has 88 valence electrons. The average Bonchev–Trinajstić information content (AvgIpc) is 2.70. The maximum Gasteiger partial charge on any atom is 0.233 e. The van der Waals surface area contributed by atoms with Gasteiger partial charge in [-0.1, -0.05) is 11.6 Å². The number of pyridine rings is 1. The summed E-state index contributed by atoms with van der Waals surface area (Å²) in [6.07, 6.45) is 2.72. The third-order valence-electron chi connectivity index (χ3n) is 2.28. The van der Waals surface area contributed by atoms with Gasteiger partial charge < -0.3 is 0 Å². The predicted molar refractivity (Wildman–Crippen MR) is 60.5 cm³/mol. The number of aromatic nitrogens is 3. The fraction of sp³-hybridized carbons (Fsp3) is 0.182. The van der Waals surface area contributed by atoms with Gasteiger partial charge in [-0.05, 0) is 19.1 Å². The molecule has 2 aromatic heterocycles. The van der Waals surface area contributed by atoms with E-state index in [1.54, 1.807) is 0 Å². The van der Waals surface area contributed by atoms with Crippen molar-refractivity contribution in [1.82, 2.24) is 14.8 Å². The van der Waals surface area contributed by atoms with Gasteiger partial charge in [0, 0.05) is 12.7 Å². The van der Waals surface area contributed by atoms with Crippen LogP contribution in [0.5, 0.6) is 0 Å². The van der Waals surface area contributed by atoms with Crippen LogP contribution in [0.15, 0.2) is 24.5 Å². The van der Waals surface area contributed by atoms with Gasteiger partial charge in [0.15, 0.2) is 5.82 Å². The zero-order valence-corrected chi connectivity index (χ0v) is 9.78. The van der Waals surface area contributed by atoms with Gasteiger partial charge in [-0.25, -0.2) is 9.37 Å². The number of carbonyl (C=O) groups is 1.